The Kier molecular flexibility index (Phi) is 3.50. The van der Waals surface area contributed by atoms with Gasteiger partial charge in [0.05, 0.1) is 11.1 Å². The van der Waals surface area contributed by atoms with Crippen molar-refractivity contribution >= 4 is 17.0 Å². The summed E-state index contributed by atoms with van der Waals surface area (Å²) in [4.78, 5) is 23.4. The van der Waals surface area contributed by atoms with E-state index in [2.05, 4.69) is 5.32 Å². The van der Waals surface area contributed by atoms with E-state index in [-0.39, 0.29) is 12.1 Å². The van der Waals surface area contributed by atoms with Crippen molar-refractivity contribution in [2.75, 3.05) is 0 Å². The number of carbonyl (C=O) groups is 1. The lowest BCUT2D eigenvalue weighted by atomic mass is 10.1. The summed E-state index contributed by atoms with van der Waals surface area (Å²) in [6.07, 6.45) is 0. The number of benzene rings is 2. The fourth-order valence-corrected chi connectivity index (χ4v) is 2.21. The number of carbonyl (C=O) groups excluding carboxylic acids is 1. The van der Waals surface area contributed by atoms with E-state index in [4.69, 9.17) is 4.42 Å². The Morgan fingerprint density at radius 2 is 2.05 bits per heavy atom. The summed E-state index contributed by atoms with van der Waals surface area (Å²) in [6.45, 7) is 0.210. The number of amides is 1. The molecule has 2 aromatic carbocycles. The maximum absolute atomic E-state index is 13.5. The van der Waals surface area contributed by atoms with Crippen LogP contribution in [-0.2, 0) is 13.6 Å². The normalized spacial score (nSPS) is 10.8. The van der Waals surface area contributed by atoms with Crippen molar-refractivity contribution in [2.24, 2.45) is 7.05 Å². The molecule has 22 heavy (non-hydrogen) atoms. The van der Waals surface area contributed by atoms with Crippen LogP contribution < -0.4 is 11.1 Å². The van der Waals surface area contributed by atoms with Gasteiger partial charge in [0.15, 0.2) is 5.58 Å². The lowest BCUT2D eigenvalue weighted by molar-refractivity contribution is 0.0947. The number of rotatable bonds is 3. The predicted molar refractivity (Wildman–Crippen MR) is 79.0 cm³/mol. The highest BCUT2D eigenvalue weighted by atomic mass is 19.1. The number of fused-ring (bicyclic) bond motifs is 1. The van der Waals surface area contributed by atoms with Crippen LogP contribution in [-0.4, -0.2) is 10.5 Å². The zero-order valence-corrected chi connectivity index (χ0v) is 11.8. The topological polar surface area (TPSA) is 64.2 Å². The van der Waals surface area contributed by atoms with E-state index in [1.54, 1.807) is 31.3 Å². The summed E-state index contributed by atoms with van der Waals surface area (Å²) >= 11 is 0. The van der Waals surface area contributed by atoms with Crippen LogP contribution in [0.25, 0.3) is 11.1 Å². The van der Waals surface area contributed by atoms with Crippen LogP contribution >= 0.6 is 0 Å². The lowest BCUT2D eigenvalue weighted by Gasteiger charge is -2.06. The van der Waals surface area contributed by atoms with E-state index >= 15 is 0 Å². The third-order valence-corrected chi connectivity index (χ3v) is 3.43. The summed E-state index contributed by atoms with van der Waals surface area (Å²) in [5.41, 5.74) is 1.88. The number of hydrogen-bond donors (Lipinski definition) is 1. The standard InChI is InChI=1S/C16H13FN2O3/c1-19-13-7-6-10(8-14(13)22-16(19)21)9-18-15(20)11-4-2-3-5-12(11)17/h2-8H,9H2,1H3,(H,18,20). The third-order valence-electron chi connectivity index (χ3n) is 3.43. The van der Waals surface area contributed by atoms with Crippen LogP contribution in [0.4, 0.5) is 4.39 Å². The van der Waals surface area contributed by atoms with Gasteiger partial charge in [-0.25, -0.2) is 9.18 Å². The van der Waals surface area contributed by atoms with Gasteiger partial charge in [-0.3, -0.25) is 9.36 Å². The molecule has 5 nitrogen and oxygen atoms in total. The maximum Gasteiger partial charge on any atom is 0.419 e. The zero-order valence-electron chi connectivity index (χ0n) is 11.8. The van der Waals surface area contributed by atoms with Crippen molar-refractivity contribution in [1.29, 1.82) is 0 Å². The second-order valence-corrected chi connectivity index (χ2v) is 4.89. The summed E-state index contributed by atoms with van der Waals surface area (Å²) in [6, 6.07) is 11.0. The molecule has 0 fully saturated rings. The Hall–Kier alpha value is -2.89. The molecule has 0 aliphatic heterocycles. The smallest absolute Gasteiger partial charge is 0.408 e. The molecule has 0 radical (unpaired) electrons. The minimum absolute atomic E-state index is 0.00480. The highest BCUT2D eigenvalue weighted by molar-refractivity contribution is 5.94. The molecule has 1 amide bonds. The number of nitrogens with one attached hydrogen (secondary N) is 1. The summed E-state index contributed by atoms with van der Waals surface area (Å²) in [5, 5.41) is 2.64. The quantitative estimate of drug-likeness (QED) is 0.806. The number of aryl methyl sites for hydroxylation is 1. The SMILES string of the molecule is Cn1c(=O)oc2cc(CNC(=O)c3ccccc3F)ccc21. The minimum atomic E-state index is -0.565. The molecule has 0 bridgehead atoms. The number of hydrogen-bond acceptors (Lipinski definition) is 3. The second-order valence-electron chi connectivity index (χ2n) is 4.89. The Morgan fingerprint density at radius 1 is 1.27 bits per heavy atom. The van der Waals surface area contributed by atoms with Crippen LogP contribution in [0.2, 0.25) is 0 Å². The van der Waals surface area contributed by atoms with Crippen LogP contribution in [0.3, 0.4) is 0 Å². The molecule has 0 atom stereocenters. The first-order chi connectivity index (χ1) is 10.6. The molecule has 0 saturated heterocycles. The number of oxazole rings is 1. The molecular weight excluding hydrogens is 287 g/mol. The van der Waals surface area contributed by atoms with Gasteiger partial charge in [0.1, 0.15) is 5.82 Å². The van der Waals surface area contributed by atoms with Crippen molar-refractivity contribution in [2.45, 2.75) is 6.54 Å². The predicted octanol–water partition coefficient (Wildman–Crippen LogP) is 2.20. The van der Waals surface area contributed by atoms with E-state index in [0.717, 1.165) is 5.56 Å². The van der Waals surface area contributed by atoms with Crippen LogP contribution in [0.1, 0.15) is 15.9 Å². The minimum Gasteiger partial charge on any atom is -0.408 e. The van der Waals surface area contributed by atoms with E-state index in [0.29, 0.717) is 11.1 Å². The van der Waals surface area contributed by atoms with Gasteiger partial charge in [0.25, 0.3) is 5.91 Å². The highest BCUT2D eigenvalue weighted by Crippen LogP contribution is 2.14. The molecule has 1 heterocycles. The Labute approximate surface area is 125 Å². The average Bonchev–Trinajstić information content (AvgIpc) is 2.80. The molecule has 3 rings (SSSR count). The van der Waals surface area contributed by atoms with Gasteiger partial charge in [-0.1, -0.05) is 18.2 Å². The van der Waals surface area contributed by atoms with Crippen LogP contribution in [0.15, 0.2) is 51.7 Å². The first kappa shape index (κ1) is 14.1. The number of nitrogens with zero attached hydrogens (tertiary/aromatic N) is 1. The molecule has 0 aliphatic carbocycles. The van der Waals surface area contributed by atoms with Crippen molar-refractivity contribution in [1.82, 2.24) is 9.88 Å². The van der Waals surface area contributed by atoms with Crippen LogP contribution in [0.5, 0.6) is 0 Å². The molecule has 0 unspecified atom stereocenters. The summed E-state index contributed by atoms with van der Waals surface area (Å²) in [5.74, 6) is -1.50. The van der Waals surface area contributed by atoms with E-state index in [9.17, 15) is 14.0 Å². The molecule has 0 aliphatic rings. The monoisotopic (exact) mass is 300 g/mol. The Bertz CT molecular complexity index is 911. The molecule has 3 aromatic rings. The van der Waals surface area contributed by atoms with Gasteiger partial charge in [0.2, 0.25) is 0 Å². The second kappa shape index (κ2) is 5.48. The average molecular weight is 300 g/mol. The highest BCUT2D eigenvalue weighted by Gasteiger charge is 2.11. The molecule has 6 heteroatoms. The first-order valence-corrected chi connectivity index (χ1v) is 6.67. The van der Waals surface area contributed by atoms with Crippen molar-refractivity contribution in [3.05, 3.63) is 70.0 Å². The summed E-state index contributed by atoms with van der Waals surface area (Å²) < 4.78 is 20.0. The molecule has 112 valence electrons. The maximum atomic E-state index is 13.5. The van der Waals surface area contributed by atoms with Gasteiger partial charge < -0.3 is 9.73 Å². The molecule has 1 aromatic heterocycles. The third kappa shape index (κ3) is 2.50. The van der Waals surface area contributed by atoms with Gasteiger partial charge in [-0.2, -0.15) is 0 Å². The molecule has 0 saturated carbocycles. The Morgan fingerprint density at radius 3 is 2.82 bits per heavy atom. The molecule has 0 spiro atoms. The van der Waals surface area contributed by atoms with Gasteiger partial charge in [-0.05, 0) is 29.8 Å². The fraction of sp³-hybridized carbons (Fsp3) is 0.125. The van der Waals surface area contributed by atoms with Crippen molar-refractivity contribution in [3.8, 4) is 0 Å². The number of aromatic nitrogens is 1. The van der Waals surface area contributed by atoms with Gasteiger partial charge >= 0.3 is 5.76 Å². The molecular formula is C16H13FN2O3. The first-order valence-electron chi connectivity index (χ1n) is 6.67. The van der Waals surface area contributed by atoms with E-state index < -0.39 is 17.5 Å². The fourth-order valence-electron chi connectivity index (χ4n) is 2.21. The van der Waals surface area contributed by atoms with Crippen LogP contribution in [0, 0.1) is 5.82 Å². The van der Waals surface area contributed by atoms with Gasteiger partial charge in [0, 0.05) is 13.6 Å². The van der Waals surface area contributed by atoms with Gasteiger partial charge in [-0.15, -0.1) is 0 Å². The van der Waals surface area contributed by atoms with E-state index in [1.807, 2.05) is 0 Å². The number of halogens is 1. The summed E-state index contributed by atoms with van der Waals surface area (Å²) in [7, 11) is 1.62. The molecule has 1 N–H and O–H groups in total. The largest absolute Gasteiger partial charge is 0.419 e. The Balaban J connectivity index is 1.78. The lowest BCUT2D eigenvalue weighted by Crippen LogP contribution is -2.23. The van der Waals surface area contributed by atoms with E-state index in [1.165, 1.54) is 22.8 Å². The van der Waals surface area contributed by atoms with Crippen molar-refractivity contribution in [3.63, 3.8) is 0 Å². The van der Waals surface area contributed by atoms with Crippen molar-refractivity contribution < 1.29 is 13.6 Å². The zero-order chi connectivity index (χ0) is 15.7.